The largest absolute Gasteiger partial charge is 0.421 e. The van der Waals surface area contributed by atoms with Crippen molar-refractivity contribution in [2.45, 2.75) is 20.4 Å². The van der Waals surface area contributed by atoms with Crippen LogP contribution in [-0.4, -0.2) is 30.5 Å². The maximum atomic E-state index is 12.2. The summed E-state index contributed by atoms with van der Waals surface area (Å²) in [5, 5.41) is 7.18. The van der Waals surface area contributed by atoms with Crippen molar-refractivity contribution in [3.63, 3.8) is 0 Å². The number of Topliss-reactive ketones (excluding diaryl/α,β-unsaturated/α-hetero) is 1. The number of hydrogen-bond donors (Lipinski definition) is 0. The molecule has 7 heteroatoms. The van der Waals surface area contributed by atoms with Gasteiger partial charge in [-0.15, -0.1) is 10.2 Å². The topological polar surface area (TPSA) is 86.7 Å². The first kappa shape index (κ1) is 18.9. The summed E-state index contributed by atoms with van der Waals surface area (Å²) in [6, 6.07) is 16.6. The van der Waals surface area contributed by atoms with Crippen molar-refractivity contribution in [3.05, 3.63) is 84.3 Å². The quantitative estimate of drug-likeness (QED) is 0.394. The predicted molar refractivity (Wildman–Crippen MR) is 116 cm³/mol. The van der Waals surface area contributed by atoms with Gasteiger partial charge in [-0.25, -0.2) is 9.97 Å². The van der Waals surface area contributed by atoms with Crippen molar-refractivity contribution in [2.24, 2.45) is 0 Å². The Hall–Kier alpha value is -4.13. The van der Waals surface area contributed by atoms with E-state index in [1.165, 1.54) is 16.7 Å². The van der Waals surface area contributed by atoms with Crippen LogP contribution in [0.5, 0.6) is 0 Å². The minimum atomic E-state index is -0.261. The molecule has 2 aromatic carbocycles. The van der Waals surface area contributed by atoms with Crippen molar-refractivity contribution >= 4 is 5.78 Å². The number of imidazole rings is 1. The van der Waals surface area contributed by atoms with Gasteiger partial charge in [0.2, 0.25) is 12.2 Å². The number of benzene rings is 2. The summed E-state index contributed by atoms with van der Waals surface area (Å²) in [6.45, 7) is 4.33. The average Bonchev–Trinajstić information content (AvgIpc) is 3.46. The predicted octanol–water partition coefficient (Wildman–Crippen LogP) is 4.60. The summed E-state index contributed by atoms with van der Waals surface area (Å²) in [4.78, 5) is 21.5. The third-order valence-corrected chi connectivity index (χ3v) is 5.34. The van der Waals surface area contributed by atoms with E-state index in [1.54, 1.807) is 17.0 Å². The number of carbonyl (C=O) groups is 1. The van der Waals surface area contributed by atoms with E-state index < -0.39 is 0 Å². The zero-order valence-electron chi connectivity index (χ0n) is 17.1. The lowest BCUT2D eigenvalue weighted by molar-refractivity contribution is 0.0938. The van der Waals surface area contributed by atoms with Crippen molar-refractivity contribution < 1.29 is 9.21 Å². The molecule has 0 amide bonds. The van der Waals surface area contributed by atoms with Gasteiger partial charge in [0.1, 0.15) is 5.69 Å². The van der Waals surface area contributed by atoms with Crippen LogP contribution in [0.2, 0.25) is 0 Å². The van der Waals surface area contributed by atoms with E-state index >= 15 is 0 Å². The van der Waals surface area contributed by atoms with Crippen LogP contribution in [0.15, 0.2) is 71.7 Å². The molecule has 5 rings (SSSR count). The number of ketones is 1. The fourth-order valence-electron chi connectivity index (χ4n) is 3.44. The van der Waals surface area contributed by atoms with Crippen LogP contribution < -0.4 is 0 Å². The van der Waals surface area contributed by atoms with Crippen molar-refractivity contribution in [3.8, 4) is 33.9 Å². The second-order valence-corrected chi connectivity index (χ2v) is 7.48. The summed E-state index contributed by atoms with van der Waals surface area (Å²) < 4.78 is 6.69. The van der Waals surface area contributed by atoms with Crippen LogP contribution in [-0.2, 0) is 6.54 Å². The minimum Gasteiger partial charge on any atom is -0.421 e. The Morgan fingerprint density at radius 1 is 0.903 bits per heavy atom. The molecule has 7 nitrogen and oxygen atoms in total. The number of aryl methyl sites for hydroxylation is 2. The lowest BCUT2D eigenvalue weighted by atomic mass is 9.99. The molecule has 0 fully saturated rings. The van der Waals surface area contributed by atoms with E-state index in [-0.39, 0.29) is 18.2 Å². The Labute approximate surface area is 178 Å². The van der Waals surface area contributed by atoms with Crippen LogP contribution in [0, 0.1) is 13.8 Å². The van der Waals surface area contributed by atoms with Gasteiger partial charge in [-0.3, -0.25) is 4.79 Å². The smallest absolute Gasteiger partial charge is 0.285 e. The molecule has 0 aliphatic carbocycles. The number of nitrogens with zero attached hydrogens (tertiary/aromatic N) is 5. The number of pyridine rings is 1. The molecule has 0 N–H and O–H groups in total. The highest BCUT2D eigenvalue weighted by Crippen LogP contribution is 2.28. The summed E-state index contributed by atoms with van der Waals surface area (Å²) in [5.74, 6) is 0.386. The molecule has 0 atom stereocenters. The molecule has 0 spiro atoms. The molecule has 0 unspecified atom stereocenters. The number of carbonyl (C=O) groups excluding carboxylic acids is 1. The SMILES string of the molecule is Cc1ccc(-c2ccc(-c3nc4ccn(CC(=O)c5nnco5)cc-4n3)cc2)cc1C. The van der Waals surface area contributed by atoms with Crippen LogP contribution in [0.4, 0.5) is 0 Å². The number of aromatic nitrogens is 5. The molecular weight excluding hydrogens is 390 g/mol. The Balaban J connectivity index is 1.39. The van der Waals surface area contributed by atoms with Crippen LogP contribution in [0.25, 0.3) is 33.9 Å². The van der Waals surface area contributed by atoms with E-state index in [4.69, 9.17) is 4.42 Å². The Morgan fingerprint density at radius 3 is 2.39 bits per heavy atom. The first-order valence-corrected chi connectivity index (χ1v) is 9.88. The van der Waals surface area contributed by atoms with Gasteiger partial charge in [-0.1, -0.05) is 42.5 Å². The van der Waals surface area contributed by atoms with E-state index in [0.717, 1.165) is 23.2 Å². The molecule has 2 aliphatic rings. The summed E-state index contributed by atoms with van der Waals surface area (Å²) in [5.41, 5.74) is 7.34. The maximum absolute atomic E-state index is 12.2. The molecule has 152 valence electrons. The van der Waals surface area contributed by atoms with Gasteiger partial charge in [-0.05, 0) is 42.2 Å². The Kier molecular flexibility index (Phi) is 4.63. The molecule has 31 heavy (non-hydrogen) atoms. The number of fused-ring (bicyclic) bond motifs is 1. The summed E-state index contributed by atoms with van der Waals surface area (Å²) >= 11 is 0. The van der Waals surface area contributed by atoms with Crippen LogP contribution in [0.3, 0.4) is 0 Å². The summed E-state index contributed by atoms with van der Waals surface area (Å²) in [7, 11) is 0. The number of hydrogen-bond acceptors (Lipinski definition) is 6. The lowest BCUT2D eigenvalue weighted by Crippen LogP contribution is -2.11. The molecule has 0 radical (unpaired) electrons. The van der Waals surface area contributed by atoms with E-state index in [1.807, 2.05) is 18.2 Å². The summed E-state index contributed by atoms with van der Waals surface area (Å²) in [6.07, 6.45) is 4.72. The number of rotatable bonds is 5. The molecule has 0 saturated carbocycles. The van der Waals surface area contributed by atoms with Crippen LogP contribution >= 0.6 is 0 Å². The lowest BCUT2D eigenvalue weighted by Gasteiger charge is -2.06. The van der Waals surface area contributed by atoms with Crippen molar-refractivity contribution in [1.29, 1.82) is 0 Å². The molecule has 2 aliphatic heterocycles. The zero-order valence-corrected chi connectivity index (χ0v) is 17.1. The molecule has 3 heterocycles. The van der Waals surface area contributed by atoms with E-state index in [9.17, 15) is 4.79 Å². The van der Waals surface area contributed by atoms with Gasteiger partial charge in [0.05, 0.1) is 12.2 Å². The van der Waals surface area contributed by atoms with Gasteiger partial charge in [0.25, 0.3) is 5.89 Å². The molecule has 0 bridgehead atoms. The van der Waals surface area contributed by atoms with Gasteiger partial charge < -0.3 is 8.98 Å². The van der Waals surface area contributed by atoms with Gasteiger partial charge in [0.15, 0.2) is 5.82 Å². The molecular formula is C24H19N5O2. The fraction of sp³-hybridized carbons (Fsp3) is 0.125. The Morgan fingerprint density at radius 2 is 1.65 bits per heavy atom. The first-order chi connectivity index (χ1) is 15.1. The van der Waals surface area contributed by atoms with Crippen molar-refractivity contribution in [1.82, 2.24) is 24.7 Å². The van der Waals surface area contributed by atoms with E-state index in [0.29, 0.717) is 11.5 Å². The highest BCUT2D eigenvalue weighted by atomic mass is 16.4. The molecule has 3 aromatic rings. The maximum Gasteiger partial charge on any atom is 0.285 e. The Bertz CT molecular complexity index is 1340. The van der Waals surface area contributed by atoms with Gasteiger partial charge in [-0.2, -0.15) is 0 Å². The highest BCUT2D eigenvalue weighted by Gasteiger charge is 2.16. The van der Waals surface area contributed by atoms with Gasteiger partial charge >= 0.3 is 0 Å². The van der Waals surface area contributed by atoms with Crippen LogP contribution in [0.1, 0.15) is 21.8 Å². The van der Waals surface area contributed by atoms with Gasteiger partial charge in [0, 0.05) is 18.0 Å². The second kappa shape index (κ2) is 7.60. The molecule has 0 saturated heterocycles. The third kappa shape index (κ3) is 3.73. The minimum absolute atomic E-state index is 0.00858. The standard InChI is InChI=1S/C24H19N5O2/c1-15-3-4-19(11-16(15)2)17-5-7-18(8-6-17)23-26-20-9-10-29(12-21(20)27-23)13-22(30)24-28-25-14-31-24/h3-12,14H,13H2,1-2H3. The average molecular weight is 409 g/mol. The first-order valence-electron chi connectivity index (χ1n) is 9.88. The van der Waals surface area contributed by atoms with Crippen molar-refractivity contribution in [2.75, 3.05) is 0 Å². The normalized spacial score (nSPS) is 11.2. The third-order valence-electron chi connectivity index (χ3n) is 5.34. The second-order valence-electron chi connectivity index (χ2n) is 7.48. The monoisotopic (exact) mass is 409 g/mol. The van der Waals surface area contributed by atoms with E-state index in [2.05, 4.69) is 64.3 Å². The fourth-order valence-corrected chi connectivity index (χ4v) is 3.44. The highest BCUT2D eigenvalue weighted by molar-refractivity contribution is 5.91. The molecule has 1 aromatic heterocycles. The zero-order chi connectivity index (χ0) is 21.4.